The number of aliphatic carboxylic acids is 1. The van der Waals surface area contributed by atoms with E-state index in [1.165, 1.54) is 6.92 Å². The van der Waals surface area contributed by atoms with E-state index in [2.05, 4.69) is 26.2 Å². The summed E-state index contributed by atoms with van der Waals surface area (Å²) >= 11 is 3.23. The SMILES string of the molecule is C[C@@H](NC(=O)c1cc(Br)cnc1N(C)C)C(=O)O. The average Bonchev–Trinajstić information content (AvgIpc) is 2.28. The summed E-state index contributed by atoms with van der Waals surface area (Å²) in [7, 11) is 3.52. The standard InChI is InChI=1S/C11H14BrN3O3/c1-6(11(17)18)14-10(16)8-4-7(12)5-13-9(8)15(2)3/h4-6H,1-3H3,(H,14,16)(H,17,18)/t6-/m1/s1. The van der Waals surface area contributed by atoms with Gasteiger partial charge in [-0.15, -0.1) is 0 Å². The summed E-state index contributed by atoms with van der Waals surface area (Å²) in [5.74, 6) is -1.08. The van der Waals surface area contributed by atoms with Crippen LogP contribution in [0.25, 0.3) is 0 Å². The second-order valence-electron chi connectivity index (χ2n) is 3.95. The Bertz CT molecular complexity index is 477. The van der Waals surface area contributed by atoms with E-state index in [-0.39, 0.29) is 0 Å². The molecule has 0 aromatic carbocycles. The molecule has 0 saturated heterocycles. The number of anilines is 1. The fourth-order valence-electron chi connectivity index (χ4n) is 1.29. The first-order chi connectivity index (χ1) is 8.32. The van der Waals surface area contributed by atoms with E-state index in [1.54, 1.807) is 31.3 Å². The Morgan fingerprint density at radius 1 is 1.50 bits per heavy atom. The Hall–Kier alpha value is -1.63. The number of amides is 1. The van der Waals surface area contributed by atoms with Gasteiger partial charge in [-0.25, -0.2) is 4.98 Å². The lowest BCUT2D eigenvalue weighted by Gasteiger charge is -2.17. The molecule has 18 heavy (non-hydrogen) atoms. The molecule has 0 bridgehead atoms. The van der Waals surface area contributed by atoms with Crippen molar-refractivity contribution in [3.63, 3.8) is 0 Å². The molecule has 1 amide bonds. The van der Waals surface area contributed by atoms with Crippen molar-refractivity contribution in [1.82, 2.24) is 10.3 Å². The molecular weight excluding hydrogens is 302 g/mol. The number of carbonyl (C=O) groups excluding carboxylic acids is 1. The molecule has 98 valence electrons. The highest BCUT2D eigenvalue weighted by Crippen LogP contribution is 2.20. The number of hydrogen-bond acceptors (Lipinski definition) is 4. The molecule has 0 radical (unpaired) electrons. The highest BCUT2D eigenvalue weighted by molar-refractivity contribution is 9.10. The molecule has 1 aromatic heterocycles. The van der Waals surface area contributed by atoms with Gasteiger partial charge < -0.3 is 15.3 Å². The molecule has 0 spiro atoms. The van der Waals surface area contributed by atoms with E-state index in [0.29, 0.717) is 15.9 Å². The first kappa shape index (κ1) is 14.4. The minimum Gasteiger partial charge on any atom is -0.480 e. The summed E-state index contributed by atoms with van der Waals surface area (Å²) in [6.07, 6.45) is 1.58. The fraction of sp³-hybridized carbons (Fsp3) is 0.364. The summed E-state index contributed by atoms with van der Waals surface area (Å²) in [6, 6.07) is 0.651. The zero-order valence-electron chi connectivity index (χ0n) is 10.3. The minimum absolute atomic E-state index is 0.322. The first-order valence-corrected chi connectivity index (χ1v) is 5.98. The Morgan fingerprint density at radius 2 is 2.11 bits per heavy atom. The largest absolute Gasteiger partial charge is 0.480 e. The van der Waals surface area contributed by atoms with Gasteiger partial charge in [-0.05, 0) is 28.9 Å². The highest BCUT2D eigenvalue weighted by Gasteiger charge is 2.19. The molecule has 1 atom stereocenters. The van der Waals surface area contributed by atoms with Crippen LogP contribution in [0, 0.1) is 0 Å². The molecule has 0 fully saturated rings. The van der Waals surface area contributed by atoms with Gasteiger partial charge in [-0.3, -0.25) is 9.59 Å². The zero-order chi connectivity index (χ0) is 13.9. The predicted molar refractivity (Wildman–Crippen MR) is 70.8 cm³/mol. The monoisotopic (exact) mass is 315 g/mol. The quantitative estimate of drug-likeness (QED) is 0.869. The van der Waals surface area contributed by atoms with Crippen LogP contribution in [0.5, 0.6) is 0 Å². The second kappa shape index (κ2) is 5.81. The van der Waals surface area contributed by atoms with Crippen molar-refractivity contribution in [3.05, 3.63) is 22.3 Å². The number of carbonyl (C=O) groups is 2. The van der Waals surface area contributed by atoms with Crippen LogP contribution in [0.4, 0.5) is 5.82 Å². The van der Waals surface area contributed by atoms with Crippen LogP contribution in [0.3, 0.4) is 0 Å². The van der Waals surface area contributed by atoms with Crippen molar-refractivity contribution in [3.8, 4) is 0 Å². The third-order valence-corrected chi connectivity index (χ3v) is 2.65. The number of carboxylic acid groups (broad SMARTS) is 1. The lowest BCUT2D eigenvalue weighted by Crippen LogP contribution is -2.39. The third kappa shape index (κ3) is 3.43. The van der Waals surface area contributed by atoms with Crippen molar-refractivity contribution in [2.75, 3.05) is 19.0 Å². The van der Waals surface area contributed by atoms with E-state index in [9.17, 15) is 9.59 Å². The van der Waals surface area contributed by atoms with E-state index >= 15 is 0 Å². The number of nitrogens with one attached hydrogen (secondary N) is 1. The normalized spacial score (nSPS) is 11.8. The van der Waals surface area contributed by atoms with Crippen molar-refractivity contribution in [2.24, 2.45) is 0 Å². The topological polar surface area (TPSA) is 82.5 Å². The summed E-state index contributed by atoms with van der Waals surface area (Å²) in [6.45, 7) is 1.40. The third-order valence-electron chi connectivity index (χ3n) is 2.22. The van der Waals surface area contributed by atoms with Crippen molar-refractivity contribution in [1.29, 1.82) is 0 Å². The van der Waals surface area contributed by atoms with E-state index < -0.39 is 17.9 Å². The van der Waals surface area contributed by atoms with Gasteiger partial charge in [-0.1, -0.05) is 0 Å². The molecule has 1 aromatic rings. The van der Waals surface area contributed by atoms with Gasteiger partial charge in [0.15, 0.2) is 0 Å². The average molecular weight is 316 g/mol. The van der Waals surface area contributed by atoms with Crippen LogP contribution in [0.15, 0.2) is 16.7 Å². The predicted octanol–water partition coefficient (Wildman–Crippen LogP) is 1.11. The smallest absolute Gasteiger partial charge is 0.325 e. The number of pyridine rings is 1. The maximum Gasteiger partial charge on any atom is 0.325 e. The van der Waals surface area contributed by atoms with Gasteiger partial charge >= 0.3 is 5.97 Å². The van der Waals surface area contributed by atoms with Gasteiger partial charge in [0.2, 0.25) is 0 Å². The summed E-state index contributed by atoms with van der Waals surface area (Å²) in [5, 5.41) is 11.2. The van der Waals surface area contributed by atoms with Gasteiger partial charge in [0.05, 0.1) is 5.56 Å². The molecule has 0 aliphatic rings. The van der Waals surface area contributed by atoms with Crippen LogP contribution in [-0.2, 0) is 4.79 Å². The molecule has 0 aliphatic carbocycles. The van der Waals surface area contributed by atoms with Crippen molar-refractivity contribution < 1.29 is 14.7 Å². The number of rotatable bonds is 4. The molecule has 7 heteroatoms. The summed E-state index contributed by atoms with van der Waals surface area (Å²) in [4.78, 5) is 28.5. The number of halogens is 1. The minimum atomic E-state index is -1.09. The highest BCUT2D eigenvalue weighted by atomic mass is 79.9. The van der Waals surface area contributed by atoms with Gasteiger partial charge in [0, 0.05) is 24.8 Å². The molecule has 2 N–H and O–H groups in total. The molecule has 0 aliphatic heterocycles. The van der Waals surface area contributed by atoms with Crippen LogP contribution >= 0.6 is 15.9 Å². The molecule has 6 nitrogen and oxygen atoms in total. The Kier molecular flexibility index (Phi) is 4.66. The number of aromatic nitrogens is 1. The number of nitrogens with zero attached hydrogens (tertiary/aromatic N) is 2. The lowest BCUT2D eigenvalue weighted by atomic mass is 10.2. The fourth-order valence-corrected chi connectivity index (χ4v) is 1.62. The number of hydrogen-bond donors (Lipinski definition) is 2. The van der Waals surface area contributed by atoms with Gasteiger partial charge in [0.1, 0.15) is 11.9 Å². The second-order valence-corrected chi connectivity index (χ2v) is 4.87. The first-order valence-electron chi connectivity index (χ1n) is 5.19. The Morgan fingerprint density at radius 3 is 2.61 bits per heavy atom. The number of carboxylic acids is 1. The van der Waals surface area contributed by atoms with E-state index in [0.717, 1.165) is 0 Å². The maximum absolute atomic E-state index is 12.0. The van der Waals surface area contributed by atoms with Crippen LogP contribution in [0.1, 0.15) is 17.3 Å². The molecule has 1 heterocycles. The summed E-state index contributed by atoms with van der Waals surface area (Å²) in [5.41, 5.74) is 0.322. The molecular formula is C11H14BrN3O3. The van der Waals surface area contributed by atoms with E-state index in [4.69, 9.17) is 5.11 Å². The van der Waals surface area contributed by atoms with E-state index in [1.807, 2.05) is 0 Å². The maximum atomic E-state index is 12.0. The Balaban J connectivity index is 3.04. The van der Waals surface area contributed by atoms with Crippen molar-refractivity contribution >= 4 is 33.6 Å². The molecule has 0 saturated carbocycles. The van der Waals surface area contributed by atoms with Crippen LogP contribution in [0.2, 0.25) is 0 Å². The molecule has 0 unspecified atom stereocenters. The van der Waals surface area contributed by atoms with Crippen molar-refractivity contribution in [2.45, 2.75) is 13.0 Å². The lowest BCUT2D eigenvalue weighted by molar-refractivity contribution is -0.138. The summed E-state index contributed by atoms with van der Waals surface area (Å²) < 4.78 is 0.654. The van der Waals surface area contributed by atoms with Gasteiger partial charge in [0.25, 0.3) is 5.91 Å². The Labute approximate surface area is 113 Å². The van der Waals surface area contributed by atoms with Crippen LogP contribution < -0.4 is 10.2 Å². The molecule has 1 rings (SSSR count). The van der Waals surface area contributed by atoms with Gasteiger partial charge in [-0.2, -0.15) is 0 Å². The van der Waals surface area contributed by atoms with Crippen LogP contribution in [-0.4, -0.2) is 42.1 Å². The zero-order valence-corrected chi connectivity index (χ0v) is 11.9.